The average molecular weight is 280 g/mol. The molecular formula is C16H25FN2O. The lowest BCUT2D eigenvalue weighted by atomic mass is 10.0. The van der Waals surface area contributed by atoms with Crippen LogP contribution in [-0.2, 0) is 11.2 Å². The number of rotatable bonds is 4. The second kappa shape index (κ2) is 6.55. The topological polar surface area (TPSA) is 38.5 Å². The summed E-state index contributed by atoms with van der Waals surface area (Å²) in [6.45, 7) is 7.73. The molecule has 0 saturated carbocycles. The molecule has 0 radical (unpaired) electrons. The highest BCUT2D eigenvalue weighted by atomic mass is 19.1. The Morgan fingerprint density at radius 3 is 2.60 bits per heavy atom. The number of ether oxygens (including phenoxy) is 1. The Morgan fingerprint density at radius 2 is 2.00 bits per heavy atom. The zero-order valence-electron chi connectivity index (χ0n) is 12.6. The van der Waals surface area contributed by atoms with Crippen LogP contribution in [0.2, 0.25) is 0 Å². The van der Waals surface area contributed by atoms with Gasteiger partial charge in [-0.2, -0.15) is 0 Å². The van der Waals surface area contributed by atoms with E-state index in [4.69, 9.17) is 10.5 Å². The number of morpholine rings is 1. The fourth-order valence-corrected chi connectivity index (χ4v) is 2.83. The molecule has 2 N–H and O–H groups in total. The average Bonchev–Trinajstić information content (AvgIpc) is 2.39. The maximum Gasteiger partial charge on any atom is 0.128 e. The number of hydrogen-bond acceptors (Lipinski definition) is 3. The first-order valence-corrected chi connectivity index (χ1v) is 7.44. The summed E-state index contributed by atoms with van der Waals surface area (Å²) in [5.41, 5.74) is 7.72. The van der Waals surface area contributed by atoms with Crippen LogP contribution in [0.1, 0.15) is 32.8 Å². The van der Waals surface area contributed by atoms with Crippen molar-refractivity contribution in [1.29, 1.82) is 0 Å². The minimum atomic E-state index is -0.154. The number of nitrogens with two attached hydrogens (primary N) is 1. The van der Waals surface area contributed by atoms with E-state index in [9.17, 15) is 4.39 Å². The van der Waals surface area contributed by atoms with E-state index in [2.05, 4.69) is 18.7 Å². The molecule has 1 aliphatic heterocycles. The Balaban J connectivity index is 2.28. The molecule has 20 heavy (non-hydrogen) atoms. The Morgan fingerprint density at radius 1 is 1.35 bits per heavy atom. The van der Waals surface area contributed by atoms with Crippen LogP contribution in [0, 0.1) is 5.82 Å². The van der Waals surface area contributed by atoms with Gasteiger partial charge in [0.25, 0.3) is 0 Å². The fourth-order valence-electron chi connectivity index (χ4n) is 2.83. The SMILES string of the molecule is CCC(N)Cc1c(F)cccc1N1CC(C)OC(C)C1. The molecule has 3 unspecified atom stereocenters. The van der Waals surface area contributed by atoms with Gasteiger partial charge in [0.05, 0.1) is 12.2 Å². The first kappa shape index (κ1) is 15.3. The van der Waals surface area contributed by atoms with Crippen molar-refractivity contribution < 1.29 is 9.13 Å². The first-order valence-electron chi connectivity index (χ1n) is 7.44. The van der Waals surface area contributed by atoms with Crippen molar-refractivity contribution in [3.8, 4) is 0 Å². The number of nitrogens with zero attached hydrogens (tertiary/aromatic N) is 1. The number of benzene rings is 1. The number of hydrogen-bond donors (Lipinski definition) is 1. The zero-order valence-corrected chi connectivity index (χ0v) is 12.6. The minimum absolute atomic E-state index is 0.00142. The molecule has 112 valence electrons. The summed E-state index contributed by atoms with van der Waals surface area (Å²) in [7, 11) is 0. The van der Waals surface area contributed by atoms with Gasteiger partial charge in [0.2, 0.25) is 0 Å². The van der Waals surface area contributed by atoms with Gasteiger partial charge in [0, 0.05) is 30.4 Å². The van der Waals surface area contributed by atoms with E-state index in [1.165, 1.54) is 6.07 Å². The summed E-state index contributed by atoms with van der Waals surface area (Å²) < 4.78 is 19.9. The van der Waals surface area contributed by atoms with Crippen LogP contribution in [0.4, 0.5) is 10.1 Å². The van der Waals surface area contributed by atoms with Gasteiger partial charge >= 0.3 is 0 Å². The van der Waals surface area contributed by atoms with Gasteiger partial charge in [-0.25, -0.2) is 4.39 Å². The van der Waals surface area contributed by atoms with Gasteiger partial charge in [-0.15, -0.1) is 0 Å². The maximum absolute atomic E-state index is 14.2. The molecule has 0 bridgehead atoms. The van der Waals surface area contributed by atoms with Crippen molar-refractivity contribution in [2.24, 2.45) is 5.73 Å². The van der Waals surface area contributed by atoms with Gasteiger partial charge < -0.3 is 15.4 Å². The molecule has 1 saturated heterocycles. The van der Waals surface area contributed by atoms with Crippen LogP contribution in [0.3, 0.4) is 0 Å². The lowest BCUT2D eigenvalue weighted by Gasteiger charge is -2.38. The third-order valence-corrected chi connectivity index (χ3v) is 3.85. The highest BCUT2D eigenvalue weighted by Crippen LogP contribution is 2.27. The van der Waals surface area contributed by atoms with E-state index in [1.54, 1.807) is 6.07 Å². The predicted octanol–water partition coefficient (Wildman–Crippen LogP) is 2.72. The molecule has 0 aliphatic carbocycles. The van der Waals surface area contributed by atoms with E-state index in [0.29, 0.717) is 6.42 Å². The van der Waals surface area contributed by atoms with E-state index in [1.807, 2.05) is 13.0 Å². The van der Waals surface area contributed by atoms with Crippen LogP contribution in [0.15, 0.2) is 18.2 Å². The molecule has 1 aromatic carbocycles. The molecule has 2 rings (SSSR count). The molecular weight excluding hydrogens is 255 g/mol. The molecule has 1 heterocycles. The van der Waals surface area contributed by atoms with Gasteiger partial charge in [0.1, 0.15) is 5.82 Å². The van der Waals surface area contributed by atoms with Crippen LogP contribution < -0.4 is 10.6 Å². The zero-order chi connectivity index (χ0) is 14.7. The standard InChI is InChI=1S/C16H25FN2O/c1-4-13(18)8-14-15(17)6-5-7-16(14)19-9-11(2)20-12(3)10-19/h5-7,11-13H,4,8-10,18H2,1-3H3. The Kier molecular flexibility index (Phi) is 5.00. The minimum Gasteiger partial charge on any atom is -0.372 e. The van der Waals surface area contributed by atoms with Crippen molar-refractivity contribution in [2.75, 3.05) is 18.0 Å². The highest BCUT2D eigenvalue weighted by molar-refractivity contribution is 5.55. The van der Waals surface area contributed by atoms with E-state index < -0.39 is 0 Å². The van der Waals surface area contributed by atoms with Crippen molar-refractivity contribution in [3.63, 3.8) is 0 Å². The van der Waals surface area contributed by atoms with Gasteiger partial charge in [-0.1, -0.05) is 13.0 Å². The van der Waals surface area contributed by atoms with E-state index >= 15 is 0 Å². The summed E-state index contributed by atoms with van der Waals surface area (Å²) in [6.07, 6.45) is 1.76. The Bertz CT molecular complexity index is 442. The fraction of sp³-hybridized carbons (Fsp3) is 0.625. The lowest BCUT2D eigenvalue weighted by molar-refractivity contribution is -0.00528. The third-order valence-electron chi connectivity index (χ3n) is 3.85. The molecule has 1 fully saturated rings. The van der Waals surface area contributed by atoms with E-state index in [0.717, 1.165) is 30.8 Å². The van der Waals surface area contributed by atoms with Crippen molar-refractivity contribution in [1.82, 2.24) is 0 Å². The molecule has 3 atom stereocenters. The maximum atomic E-state index is 14.2. The van der Waals surface area contributed by atoms with E-state index in [-0.39, 0.29) is 24.1 Å². The van der Waals surface area contributed by atoms with Crippen LogP contribution in [0.5, 0.6) is 0 Å². The summed E-state index contributed by atoms with van der Waals surface area (Å²) in [5, 5.41) is 0. The number of halogens is 1. The van der Waals surface area contributed by atoms with Crippen LogP contribution in [-0.4, -0.2) is 31.3 Å². The summed E-state index contributed by atoms with van der Waals surface area (Å²) in [6, 6.07) is 5.29. The van der Waals surface area contributed by atoms with Crippen LogP contribution >= 0.6 is 0 Å². The molecule has 0 amide bonds. The van der Waals surface area contributed by atoms with Crippen molar-refractivity contribution >= 4 is 5.69 Å². The molecule has 0 aromatic heterocycles. The molecule has 4 heteroatoms. The second-order valence-corrected chi connectivity index (χ2v) is 5.77. The van der Waals surface area contributed by atoms with Gasteiger partial charge in [0.15, 0.2) is 0 Å². The first-order chi connectivity index (χ1) is 9.51. The van der Waals surface area contributed by atoms with Gasteiger partial charge in [-0.05, 0) is 38.8 Å². The molecule has 1 aromatic rings. The predicted molar refractivity (Wildman–Crippen MR) is 80.6 cm³/mol. The van der Waals surface area contributed by atoms with Crippen LogP contribution in [0.25, 0.3) is 0 Å². The number of anilines is 1. The largest absolute Gasteiger partial charge is 0.372 e. The summed E-state index contributed by atoms with van der Waals surface area (Å²) in [4.78, 5) is 2.22. The highest BCUT2D eigenvalue weighted by Gasteiger charge is 2.25. The van der Waals surface area contributed by atoms with Gasteiger partial charge in [-0.3, -0.25) is 0 Å². The smallest absolute Gasteiger partial charge is 0.128 e. The lowest BCUT2D eigenvalue weighted by Crippen LogP contribution is -2.46. The summed E-state index contributed by atoms with van der Waals surface area (Å²) >= 11 is 0. The quantitative estimate of drug-likeness (QED) is 0.921. The molecule has 3 nitrogen and oxygen atoms in total. The molecule has 0 spiro atoms. The Labute approximate surface area is 120 Å². The normalized spacial score (nSPS) is 24.8. The Hall–Kier alpha value is -1.13. The third kappa shape index (κ3) is 3.49. The summed E-state index contributed by atoms with van der Waals surface area (Å²) in [5.74, 6) is -0.154. The molecule has 1 aliphatic rings. The van der Waals surface area contributed by atoms with Crippen molar-refractivity contribution in [3.05, 3.63) is 29.6 Å². The van der Waals surface area contributed by atoms with Crippen molar-refractivity contribution in [2.45, 2.75) is 51.9 Å². The monoisotopic (exact) mass is 280 g/mol. The second-order valence-electron chi connectivity index (χ2n) is 5.77.